The lowest BCUT2D eigenvalue weighted by Gasteiger charge is -2.22. The first kappa shape index (κ1) is 20.6. The van der Waals surface area contributed by atoms with Crippen molar-refractivity contribution in [2.24, 2.45) is 19.2 Å². The number of methoxy groups -OCH3 is 2. The van der Waals surface area contributed by atoms with Crippen LogP contribution in [0, 0.1) is 4.77 Å². The van der Waals surface area contributed by atoms with Crippen molar-refractivity contribution in [3.63, 3.8) is 0 Å². The fraction of sp³-hybridized carbons (Fsp3) is 0.368. The molecule has 1 atom stereocenters. The Morgan fingerprint density at radius 1 is 1.24 bits per heavy atom. The van der Waals surface area contributed by atoms with E-state index in [1.807, 2.05) is 0 Å². The van der Waals surface area contributed by atoms with Gasteiger partial charge in [-0.2, -0.15) is 5.10 Å². The van der Waals surface area contributed by atoms with Crippen LogP contribution >= 0.6 is 12.2 Å². The van der Waals surface area contributed by atoms with Gasteiger partial charge in [0.25, 0.3) is 5.56 Å². The summed E-state index contributed by atoms with van der Waals surface area (Å²) in [6, 6.07) is 4.74. The number of carbonyl (C=O) groups excluding carboxylic acids is 1. The number of aromatic nitrogens is 2. The Morgan fingerprint density at radius 2 is 1.93 bits per heavy atom. The lowest BCUT2D eigenvalue weighted by atomic mass is 9.98. The third-order valence-corrected chi connectivity index (χ3v) is 5.50. The first-order valence-electron chi connectivity index (χ1n) is 8.79. The first-order valence-corrected chi connectivity index (χ1v) is 9.20. The van der Waals surface area contributed by atoms with Crippen molar-refractivity contribution in [2.75, 3.05) is 14.2 Å². The van der Waals surface area contributed by atoms with Gasteiger partial charge in [-0.25, -0.2) is 5.01 Å². The van der Waals surface area contributed by atoms with E-state index in [0.717, 1.165) is 0 Å². The lowest BCUT2D eigenvalue weighted by molar-refractivity contribution is -0.130. The molecule has 0 spiro atoms. The van der Waals surface area contributed by atoms with Gasteiger partial charge in [-0.1, -0.05) is 0 Å². The van der Waals surface area contributed by atoms with Crippen LogP contribution in [0.25, 0.3) is 0 Å². The van der Waals surface area contributed by atoms with Gasteiger partial charge in [0.15, 0.2) is 4.77 Å². The molecular formula is C19H22N4O5S. The Hall–Kier alpha value is -3.14. The molecule has 154 valence electrons. The number of nitrogens with zero attached hydrogens (tertiary/aromatic N) is 4. The molecule has 1 aliphatic rings. The molecule has 1 amide bonds. The van der Waals surface area contributed by atoms with E-state index < -0.39 is 11.6 Å². The molecule has 1 N–H and O–H groups in total. The summed E-state index contributed by atoms with van der Waals surface area (Å²) in [5.41, 5.74) is 0.505. The van der Waals surface area contributed by atoms with Gasteiger partial charge in [-0.15, -0.1) is 0 Å². The highest BCUT2D eigenvalue weighted by Gasteiger charge is 2.36. The standard InChI is InChI=1S/C19H22N4O5S/c1-10(24)23-14(12-8-11(27-4)6-7-15(12)28-5)9-13(20-23)16-17(25)21(2)19(29)22(3)18(16)26/h6-8,14,25H,9H2,1-5H3/t14-/m0/s1. The Morgan fingerprint density at radius 3 is 2.52 bits per heavy atom. The molecule has 0 saturated heterocycles. The van der Waals surface area contributed by atoms with Gasteiger partial charge in [-0.05, 0) is 30.4 Å². The summed E-state index contributed by atoms with van der Waals surface area (Å²) in [6.45, 7) is 1.39. The average molecular weight is 418 g/mol. The summed E-state index contributed by atoms with van der Waals surface area (Å²) in [7, 11) is 6.16. The van der Waals surface area contributed by atoms with Gasteiger partial charge in [0.05, 0.1) is 26.0 Å². The summed E-state index contributed by atoms with van der Waals surface area (Å²) in [5, 5.41) is 16.2. The molecule has 2 heterocycles. The van der Waals surface area contributed by atoms with E-state index in [9.17, 15) is 14.7 Å². The molecule has 0 bridgehead atoms. The topological polar surface area (TPSA) is 98.3 Å². The number of ether oxygens (including phenoxy) is 2. The molecular weight excluding hydrogens is 396 g/mol. The molecule has 2 aromatic rings. The number of benzene rings is 1. The van der Waals surface area contributed by atoms with E-state index in [0.29, 0.717) is 22.8 Å². The molecule has 0 radical (unpaired) electrons. The predicted octanol–water partition coefficient (Wildman–Crippen LogP) is 1.87. The van der Waals surface area contributed by atoms with Gasteiger partial charge in [0.1, 0.15) is 17.1 Å². The summed E-state index contributed by atoms with van der Waals surface area (Å²) in [4.78, 5) is 25.1. The molecule has 0 unspecified atom stereocenters. The van der Waals surface area contributed by atoms with E-state index in [-0.39, 0.29) is 28.5 Å². The van der Waals surface area contributed by atoms with Crippen molar-refractivity contribution in [2.45, 2.75) is 19.4 Å². The second-order valence-corrected chi connectivity index (χ2v) is 7.01. The third kappa shape index (κ3) is 3.39. The van der Waals surface area contributed by atoms with Crippen LogP contribution in [-0.2, 0) is 18.9 Å². The van der Waals surface area contributed by atoms with Crippen molar-refractivity contribution in [3.05, 3.63) is 44.5 Å². The molecule has 0 fully saturated rings. The zero-order chi connectivity index (χ0) is 21.5. The van der Waals surface area contributed by atoms with Gasteiger partial charge in [0.2, 0.25) is 11.8 Å². The SMILES string of the molecule is COc1ccc(OC)c([C@@H]2CC(c3c(O)n(C)c(=S)n(C)c3=O)=NN2C(C)=O)c1. The Balaban J connectivity index is 2.17. The Labute approximate surface area is 172 Å². The minimum atomic E-state index is -0.523. The molecule has 1 aromatic carbocycles. The summed E-state index contributed by atoms with van der Waals surface area (Å²) in [5.74, 6) is 0.550. The molecule has 0 aliphatic carbocycles. The van der Waals surface area contributed by atoms with Crippen molar-refractivity contribution in [1.82, 2.24) is 14.1 Å². The minimum Gasteiger partial charge on any atom is -0.497 e. The van der Waals surface area contributed by atoms with Crippen LogP contribution in [0.15, 0.2) is 28.1 Å². The number of amides is 1. The van der Waals surface area contributed by atoms with Crippen LogP contribution in [0.5, 0.6) is 17.4 Å². The third-order valence-electron chi connectivity index (χ3n) is 4.95. The van der Waals surface area contributed by atoms with Crippen molar-refractivity contribution >= 4 is 23.8 Å². The number of hydrogen-bond acceptors (Lipinski definition) is 7. The predicted molar refractivity (Wildman–Crippen MR) is 109 cm³/mol. The quantitative estimate of drug-likeness (QED) is 0.762. The number of hydrogen-bond donors (Lipinski definition) is 1. The summed E-state index contributed by atoms with van der Waals surface area (Å²) < 4.78 is 13.5. The van der Waals surface area contributed by atoms with Crippen LogP contribution in [0.4, 0.5) is 0 Å². The lowest BCUT2D eigenvalue weighted by Crippen LogP contribution is -2.28. The molecule has 9 nitrogen and oxygen atoms in total. The molecule has 3 rings (SSSR count). The smallest absolute Gasteiger partial charge is 0.267 e. The van der Waals surface area contributed by atoms with Gasteiger partial charge in [-0.3, -0.25) is 18.7 Å². The van der Waals surface area contributed by atoms with Crippen LogP contribution in [-0.4, -0.2) is 45.1 Å². The van der Waals surface area contributed by atoms with Crippen LogP contribution in [0.3, 0.4) is 0 Å². The van der Waals surface area contributed by atoms with E-state index in [2.05, 4.69) is 5.10 Å². The molecule has 1 aromatic heterocycles. The minimum absolute atomic E-state index is 0.0132. The molecule has 10 heteroatoms. The Bertz CT molecular complexity index is 1130. The van der Waals surface area contributed by atoms with E-state index in [1.165, 1.54) is 35.2 Å². The maximum Gasteiger partial charge on any atom is 0.267 e. The van der Waals surface area contributed by atoms with Gasteiger partial charge >= 0.3 is 0 Å². The van der Waals surface area contributed by atoms with Crippen molar-refractivity contribution < 1.29 is 19.4 Å². The second kappa shape index (κ2) is 7.70. The highest BCUT2D eigenvalue weighted by atomic mass is 32.1. The number of hydrazone groups is 1. The fourth-order valence-corrected chi connectivity index (χ4v) is 3.55. The number of rotatable bonds is 4. The van der Waals surface area contributed by atoms with Crippen molar-refractivity contribution in [3.8, 4) is 17.4 Å². The molecule has 29 heavy (non-hydrogen) atoms. The van der Waals surface area contributed by atoms with E-state index in [1.54, 1.807) is 32.4 Å². The zero-order valence-corrected chi connectivity index (χ0v) is 17.6. The van der Waals surface area contributed by atoms with Crippen molar-refractivity contribution in [1.29, 1.82) is 0 Å². The average Bonchev–Trinajstić information content (AvgIpc) is 3.15. The monoisotopic (exact) mass is 418 g/mol. The highest BCUT2D eigenvalue weighted by molar-refractivity contribution is 7.71. The largest absolute Gasteiger partial charge is 0.497 e. The molecule has 0 saturated carbocycles. The van der Waals surface area contributed by atoms with Crippen LogP contribution < -0.4 is 15.0 Å². The summed E-state index contributed by atoms with van der Waals surface area (Å²) in [6.07, 6.45) is 0.211. The zero-order valence-electron chi connectivity index (χ0n) is 16.8. The number of carbonyl (C=O) groups is 1. The van der Waals surface area contributed by atoms with Gasteiger partial charge < -0.3 is 14.6 Å². The molecule has 1 aliphatic heterocycles. The number of aromatic hydroxyl groups is 1. The fourth-order valence-electron chi connectivity index (χ4n) is 3.38. The van der Waals surface area contributed by atoms with E-state index >= 15 is 0 Å². The highest BCUT2D eigenvalue weighted by Crippen LogP contribution is 2.39. The van der Waals surface area contributed by atoms with Gasteiger partial charge in [0, 0.05) is 33.0 Å². The summed E-state index contributed by atoms with van der Waals surface area (Å²) >= 11 is 5.16. The van der Waals surface area contributed by atoms with E-state index in [4.69, 9.17) is 21.7 Å². The maximum absolute atomic E-state index is 12.8. The normalized spacial score (nSPS) is 16.0. The first-order chi connectivity index (χ1) is 13.7. The Kier molecular flexibility index (Phi) is 5.47. The van der Waals surface area contributed by atoms with Crippen LogP contribution in [0.1, 0.15) is 30.5 Å². The second-order valence-electron chi connectivity index (χ2n) is 6.64. The maximum atomic E-state index is 12.8. The van der Waals surface area contributed by atoms with Crippen LogP contribution in [0.2, 0.25) is 0 Å².